The molecule has 1 atom stereocenters. The maximum Gasteiger partial charge on any atom is 2.00 e. The molecule has 0 aromatic rings. The first-order chi connectivity index (χ1) is 4.61. The molecule has 0 fully saturated rings. The number of halogens is 2. The maximum atomic E-state index is 9.25. The van der Waals surface area contributed by atoms with Gasteiger partial charge in [0.2, 0.25) is 0 Å². The summed E-state index contributed by atoms with van der Waals surface area (Å²) in [5, 5.41) is 9.25. The summed E-state index contributed by atoms with van der Waals surface area (Å²) in [7, 11) is 0. The molecule has 1 rings (SSSR count). The van der Waals surface area contributed by atoms with Crippen LogP contribution in [-0.4, -0.2) is 11.2 Å². The van der Waals surface area contributed by atoms with E-state index < -0.39 is 0 Å². The molecule has 0 aliphatic heterocycles. The van der Waals surface area contributed by atoms with Crippen molar-refractivity contribution in [1.82, 2.24) is 0 Å². The van der Waals surface area contributed by atoms with Crippen LogP contribution in [-0.2, 0) is 21.7 Å². The van der Waals surface area contributed by atoms with E-state index in [-0.39, 0.29) is 52.6 Å². The fourth-order valence-corrected chi connectivity index (χ4v) is 1.43. The van der Waals surface area contributed by atoms with E-state index in [9.17, 15) is 5.11 Å². The van der Waals surface area contributed by atoms with Gasteiger partial charge in [-0.1, -0.05) is 11.6 Å². The molecule has 0 aromatic heterocycles. The predicted molar refractivity (Wildman–Crippen MR) is 42.8 cm³/mol. The van der Waals surface area contributed by atoms with Crippen LogP contribution in [0.2, 0.25) is 0 Å². The number of allylic oxidation sites excluding steroid dienone is 3. The summed E-state index contributed by atoms with van der Waals surface area (Å²) in [5.41, 5.74) is 3.78. The van der Waals surface area contributed by atoms with Crippen molar-refractivity contribution in [3.05, 3.63) is 22.8 Å². The Balaban J connectivity index is -0.000000333. The molecule has 1 aliphatic rings. The van der Waals surface area contributed by atoms with Crippen molar-refractivity contribution in [3.8, 4) is 0 Å². The molecule has 0 bridgehead atoms. The minimum absolute atomic E-state index is 0. The summed E-state index contributed by atoms with van der Waals surface area (Å²) in [6, 6.07) is 0. The molecular formula is C9H14Cl2OTi. The molecular weight excluding hydrogens is 243 g/mol. The summed E-state index contributed by atoms with van der Waals surface area (Å²) in [6.07, 6.45) is 2.83. The fraction of sp³-hybridized carbons (Fsp3) is 0.556. The number of aliphatic hydroxyl groups is 1. The molecule has 0 spiro atoms. The van der Waals surface area contributed by atoms with E-state index in [0.29, 0.717) is 0 Å². The van der Waals surface area contributed by atoms with Crippen LogP contribution in [0.4, 0.5) is 0 Å². The van der Waals surface area contributed by atoms with Gasteiger partial charge in [-0.3, -0.25) is 0 Å². The maximum absolute atomic E-state index is 9.25. The van der Waals surface area contributed by atoms with Crippen molar-refractivity contribution in [2.45, 2.75) is 33.3 Å². The third kappa shape index (κ3) is 5.24. The first-order valence-electron chi connectivity index (χ1n) is 3.66. The van der Waals surface area contributed by atoms with Crippen LogP contribution >= 0.6 is 0 Å². The molecule has 0 saturated carbocycles. The van der Waals surface area contributed by atoms with E-state index in [2.05, 4.69) is 19.9 Å². The molecule has 1 N–H and O–H groups in total. The van der Waals surface area contributed by atoms with Crippen LogP contribution in [0, 0.1) is 0 Å². The SMILES string of the molecule is CC1=CC(C)=C(C(C)O)C1.[Cl-].[Cl-].[Ti+2]. The Morgan fingerprint density at radius 1 is 1.31 bits per heavy atom. The number of rotatable bonds is 1. The van der Waals surface area contributed by atoms with E-state index in [4.69, 9.17) is 0 Å². The van der Waals surface area contributed by atoms with Crippen molar-refractivity contribution in [1.29, 1.82) is 0 Å². The van der Waals surface area contributed by atoms with Crippen LogP contribution in [0.1, 0.15) is 27.2 Å². The summed E-state index contributed by atoms with van der Waals surface area (Å²) in [6.45, 7) is 5.97. The molecule has 4 heteroatoms. The number of hydrogen-bond donors (Lipinski definition) is 1. The Labute approximate surface area is 107 Å². The van der Waals surface area contributed by atoms with E-state index >= 15 is 0 Å². The van der Waals surface area contributed by atoms with Gasteiger partial charge in [0.1, 0.15) is 0 Å². The third-order valence-corrected chi connectivity index (χ3v) is 1.94. The minimum Gasteiger partial charge on any atom is -1.00 e. The Kier molecular flexibility index (Phi) is 12.0. The quantitative estimate of drug-likeness (QED) is 0.475. The molecule has 0 radical (unpaired) electrons. The second kappa shape index (κ2) is 8.08. The van der Waals surface area contributed by atoms with E-state index in [0.717, 1.165) is 6.42 Å². The monoisotopic (exact) mass is 256 g/mol. The number of aliphatic hydroxyl groups excluding tert-OH is 1. The second-order valence-corrected chi connectivity index (χ2v) is 3.05. The van der Waals surface area contributed by atoms with Crippen LogP contribution in [0.15, 0.2) is 22.8 Å². The smallest absolute Gasteiger partial charge is 1.00 e. The van der Waals surface area contributed by atoms with Crippen molar-refractivity contribution in [2.24, 2.45) is 0 Å². The molecule has 1 aliphatic carbocycles. The summed E-state index contributed by atoms with van der Waals surface area (Å²) < 4.78 is 0. The van der Waals surface area contributed by atoms with Gasteiger partial charge in [-0.05, 0) is 38.3 Å². The zero-order chi connectivity index (χ0) is 7.72. The summed E-state index contributed by atoms with van der Waals surface area (Å²) in [5.74, 6) is 0. The van der Waals surface area contributed by atoms with Crippen LogP contribution in [0.25, 0.3) is 0 Å². The number of hydrogen-bond acceptors (Lipinski definition) is 1. The van der Waals surface area contributed by atoms with Crippen LogP contribution in [0.3, 0.4) is 0 Å². The molecule has 74 valence electrons. The van der Waals surface area contributed by atoms with Gasteiger partial charge in [0.25, 0.3) is 0 Å². The fourth-order valence-electron chi connectivity index (χ4n) is 1.43. The van der Waals surface area contributed by atoms with Gasteiger partial charge in [0.05, 0.1) is 6.10 Å². The van der Waals surface area contributed by atoms with Crippen molar-refractivity contribution < 1.29 is 51.6 Å². The van der Waals surface area contributed by atoms with E-state index in [1.807, 2.05) is 6.92 Å². The first-order valence-corrected chi connectivity index (χ1v) is 3.66. The topological polar surface area (TPSA) is 20.2 Å². The second-order valence-electron chi connectivity index (χ2n) is 3.05. The van der Waals surface area contributed by atoms with Crippen molar-refractivity contribution >= 4 is 0 Å². The minimum atomic E-state index is -0.270. The average Bonchev–Trinajstić information content (AvgIpc) is 2.10. The van der Waals surface area contributed by atoms with Gasteiger partial charge in [-0.2, -0.15) is 0 Å². The Morgan fingerprint density at radius 3 is 1.92 bits per heavy atom. The first kappa shape index (κ1) is 19.3. The summed E-state index contributed by atoms with van der Waals surface area (Å²) in [4.78, 5) is 0. The van der Waals surface area contributed by atoms with Crippen LogP contribution < -0.4 is 24.8 Å². The summed E-state index contributed by atoms with van der Waals surface area (Å²) >= 11 is 0. The zero-order valence-corrected chi connectivity index (χ0v) is 11.1. The van der Waals surface area contributed by atoms with Gasteiger partial charge < -0.3 is 29.9 Å². The van der Waals surface area contributed by atoms with Gasteiger partial charge in [0.15, 0.2) is 0 Å². The van der Waals surface area contributed by atoms with Crippen LogP contribution in [0.5, 0.6) is 0 Å². The van der Waals surface area contributed by atoms with Crippen molar-refractivity contribution in [2.75, 3.05) is 0 Å². The molecule has 13 heavy (non-hydrogen) atoms. The van der Waals surface area contributed by atoms with Gasteiger partial charge in [0, 0.05) is 0 Å². The van der Waals surface area contributed by atoms with Gasteiger partial charge >= 0.3 is 21.7 Å². The molecule has 0 aromatic carbocycles. The molecule has 0 heterocycles. The van der Waals surface area contributed by atoms with Crippen molar-refractivity contribution in [3.63, 3.8) is 0 Å². The van der Waals surface area contributed by atoms with E-state index in [1.165, 1.54) is 16.7 Å². The Morgan fingerprint density at radius 2 is 1.77 bits per heavy atom. The van der Waals surface area contributed by atoms with E-state index in [1.54, 1.807) is 0 Å². The van der Waals surface area contributed by atoms with Gasteiger partial charge in [-0.15, -0.1) is 0 Å². The molecule has 1 unspecified atom stereocenters. The zero-order valence-electron chi connectivity index (χ0n) is 8.06. The molecule has 1 nitrogen and oxygen atoms in total. The molecule has 0 amide bonds. The third-order valence-electron chi connectivity index (χ3n) is 1.94. The standard InChI is InChI=1S/C9H14O.2ClH.Ti/c1-6-4-7(2)9(5-6)8(3)10;;;/h4,8,10H,5H2,1-3H3;2*1H;/q;;;+2/p-2. The Bertz CT molecular complexity index is 210. The molecule has 0 saturated heterocycles. The Hall–Kier alpha value is 0.734. The predicted octanol–water partition coefficient (Wildman–Crippen LogP) is -3.96. The van der Waals surface area contributed by atoms with Gasteiger partial charge in [-0.25, -0.2) is 0 Å². The largest absolute Gasteiger partial charge is 2.00 e. The normalized spacial score (nSPS) is 16.5. The average molecular weight is 257 g/mol.